The number of hydrogen-bond donors (Lipinski definition) is 2. The molecule has 2 N–H and O–H groups in total. The molecule has 12 heteroatoms. The van der Waals surface area contributed by atoms with E-state index in [4.69, 9.17) is 0 Å². The molecule has 228 valence electrons. The number of rotatable bonds is 8. The highest BCUT2D eigenvalue weighted by Crippen LogP contribution is 2.34. The molecule has 0 radical (unpaired) electrons. The number of aromatic nitrogens is 4. The quantitative estimate of drug-likeness (QED) is 0.256. The fraction of sp³-hybridized carbons (Fsp3) is 0.344. The Morgan fingerprint density at radius 3 is 2.59 bits per heavy atom. The smallest absolute Gasteiger partial charge is 0.324 e. The summed E-state index contributed by atoms with van der Waals surface area (Å²) in [6.45, 7) is 5.75. The third kappa shape index (κ3) is 6.87. The number of nitrogens with zero attached hydrogens (tertiary/aromatic N) is 6. The van der Waals surface area contributed by atoms with Crippen LogP contribution in [0.1, 0.15) is 46.3 Å². The molecule has 2 aliphatic rings. The van der Waals surface area contributed by atoms with Crippen LogP contribution in [0.5, 0.6) is 0 Å². The SMILES string of the molecule is Cc1ccc(NC(=O)c2ccc(CN3CC[C@H](N4CCCC4)C3)c(C(F)(F)F)c2)cc1Nc1nccc(-c2cncnc2)n1. The van der Waals surface area contributed by atoms with Crippen molar-refractivity contribution < 1.29 is 18.0 Å². The third-order valence-electron chi connectivity index (χ3n) is 8.23. The van der Waals surface area contributed by atoms with E-state index in [9.17, 15) is 18.0 Å². The number of likely N-dealkylation sites (tertiary alicyclic amines) is 2. The van der Waals surface area contributed by atoms with E-state index in [2.05, 4.69) is 40.4 Å². The number of halogens is 3. The lowest BCUT2D eigenvalue weighted by Gasteiger charge is -2.24. The third-order valence-corrected chi connectivity index (χ3v) is 8.23. The second kappa shape index (κ2) is 12.7. The maximum absolute atomic E-state index is 14.2. The van der Waals surface area contributed by atoms with Gasteiger partial charge >= 0.3 is 6.18 Å². The summed E-state index contributed by atoms with van der Waals surface area (Å²) in [5.74, 6) is -0.303. The summed E-state index contributed by atoms with van der Waals surface area (Å²) in [4.78, 5) is 34.5. The minimum Gasteiger partial charge on any atom is -0.324 e. The van der Waals surface area contributed by atoms with Crippen molar-refractivity contribution in [1.82, 2.24) is 29.7 Å². The summed E-state index contributed by atoms with van der Waals surface area (Å²) in [7, 11) is 0. The molecular formula is C32H33F3N8O. The normalized spacial score (nSPS) is 17.6. The summed E-state index contributed by atoms with van der Waals surface area (Å²) >= 11 is 0. The molecular weight excluding hydrogens is 569 g/mol. The summed E-state index contributed by atoms with van der Waals surface area (Å²) in [6.07, 6.45) is 5.09. The Morgan fingerprint density at radius 2 is 1.82 bits per heavy atom. The molecule has 0 saturated carbocycles. The van der Waals surface area contributed by atoms with E-state index in [1.165, 1.54) is 31.3 Å². The topological polar surface area (TPSA) is 99.2 Å². The molecule has 0 unspecified atom stereocenters. The zero-order chi connectivity index (χ0) is 30.7. The predicted molar refractivity (Wildman–Crippen MR) is 161 cm³/mol. The first-order valence-electron chi connectivity index (χ1n) is 14.7. The van der Waals surface area contributed by atoms with Gasteiger partial charge < -0.3 is 10.6 Å². The van der Waals surface area contributed by atoms with Crippen LogP contribution < -0.4 is 10.6 Å². The Kier molecular flexibility index (Phi) is 8.53. The lowest BCUT2D eigenvalue weighted by molar-refractivity contribution is -0.138. The molecule has 44 heavy (non-hydrogen) atoms. The van der Waals surface area contributed by atoms with Crippen molar-refractivity contribution in [3.8, 4) is 11.3 Å². The first-order valence-corrected chi connectivity index (χ1v) is 14.7. The molecule has 9 nitrogen and oxygen atoms in total. The molecule has 4 heterocycles. The lowest BCUT2D eigenvalue weighted by atomic mass is 10.0. The molecule has 0 bridgehead atoms. The number of hydrogen-bond acceptors (Lipinski definition) is 8. The molecule has 1 atom stereocenters. The molecule has 2 saturated heterocycles. The minimum atomic E-state index is -4.58. The van der Waals surface area contributed by atoms with Gasteiger partial charge in [-0.1, -0.05) is 12.1 Å². The molecule has 2 fully saturated rings. The van der Waals surface area contributed by atoms with Crippen LogP contribution in [0.4, 0.5) is 30.5 Å². The number of anilines is 3. The van der Waals surface area contributed by atoms with E-state index < -0.39 is 17.6 Å². The van der Waals surface area contributed by atoms with E-state index in [1.54, 1.807) is 42.9 Å². The Labute approximate surface area is 253 Å². The molecule has 2 aromatic carbocycles. The van der Waals surface area contributed by atoms with Gasteiger partial charge in [-0.05, 0) is 80.7 Å². The molecule has 0 spiro atoms. The van der Waals surface area contributed by atoms with Crippen LogP contribution in [0.25, 0.3) is 11.3 Å². The minimum absolute atomic E-state index is 0.0614. The van der Waals surface area contributed by atoms with Gasteiger partial charge in [0.1, 0.15) is 6.33 Å². The van der Waals surface area contributed by atoms with Crippen molar-refractivity contribution >= 4 is 23.2 Å². The van der Waals surface area contributed by atoms with Gasteiger partial charge in [-0.3, -0.25) is 14.6 Å². The molecule has 2 aromatic heterocycles. The Balaban J connectivity index is 1.15. The number of aryl methyl sites for hydroxylation is 1. The summed E-state index contributed by atoms with van der Waals surface area (Å²) in [5, 5.41) is 5.89. The maximum Gasteiger partial charge on any atom is 0.416 e. The molecule has 1 amide bonds. The average molecular weight is 603 g/mol. The zero-order valence-electron chi connectivity index (χ0n) is 24.3. The number of carbonyl (C=O) groups excluding carboxylic acids is 1. The highest BCUT2D eigenvalue weighted by molar-refractivity contribution is 6.04. The van der Waals surface area contributed by atoms with E-state index in [0.717, 1.165) is 49.8 Å². The summed E-state index contributed by atoms with van der Waals surface area (Å²) in [6, 6.07) is 11.2. The van der Waals surface area contributed by atoms with Crippen LogP contribution in [0.15, 0.2) is 67.4 Å². The van der Waals surface area contributed by atoms with Crippen molar-refractivity contribution in [2.24, 2.45) is 0 Å². The summed E-state index contributed by atoms with van der Waals surface area (Å²) < 4.78 is 42.5. The largest absolute Gasteiger partial charge is 0.416 e. The van der Waals surface area contributed by atoms with Gasteiger partial charge in [0.25, 0.3) is 5.91 Å². The molecule has 0 aliphatic carbocycles. The Hall–Kier alpha value is -4.42. The van der Waals surface area contributed by atoms with Crippen molar-refractivity contribution in [2.45, 2.75) is 44.9 Å². The van der Waals surface area contributed by atoms with Crippen LogP contribution in [-0.2, 0) is 12.7 Å². The number of amides is 1. The molecule has 4 aromatic rings. The zero-order valence-corrected chi connectivity index (χ0v) is 24.3. The number of nitrogens with one attached hydrogen (secondary N) is 2. The van der Waals surface area contributed by atoms with Crippen molar-refractivity contribution in [2.75, 3.05) is 36.8 Å². The Bertz CT molecular complexity index is 1630. The first-order chi connectivity index (χ1) is 21.2. The van der Waals surface area contributed by atoms with Crippen molar-refractivity contribution in [1.29, 1.82) is 0 Å². The van der Waals surface area contributed by atoms with Gasteiger partial charge in [0.15, 0.2) is 0 Å². The standard InChI is InChI=1S/C32H33F3N8O/c1-21-4-7-25(15-29(21)41-31-38-10-8-28(40-31)24-16-36-20-37-17-24)39-30(44)22-5-6-23(27(14-22)32(33,34)35)18-42-13-9-26(19-42)43-11-2-3-12-43/h4-8,10,14-17,20,26H,2-3,9,11-13,18-19H2,1H3,(H,39,44)(H,38,40,41)/t26-/m0/s1. The number of benzene rings is 2. The monoisotopic (exact) mass is 602 g/mol. The first kappa shape index (κ1) is 29.6. The second-order valence-corrected chi connectivity index (χ2v) is 11.3. The number of alkyl halides is 3. The van der Waals surface area contributed by atoms with Gasteiger partial charge in [0.05, 0.1) is 11.3 Å². The molecule has 2 aliphatic heterocycles. The van der Waals surface area contributed by atoms with E-state index in [-0.39, 0.29) is 17.7 Å². The van der Waals surface area contributed by atoms with Crippen LogP contribution >= 0.6 is 0 Å². The fourth-order valence-electron chi connectivity index (χ4n) is 5.89. The van der Waals surface area contributed by atoms with Crippen LogP contribution in [0, 0.1) is 6.92 Å². The van der Waals surface area contributed by atoms with E-state index in [0.29, 0.717) is 29.1 Å². The van der Waals surface area contributed by atoms with Crippen LogP contribution in [0.3, 0.4) is 0 Å². The van der Waals surface area contributed by atoms with Gasteiger partial charge in [-0.25, -0.2) is 19.9 Å². The molecule has 6 rings (SSSR count). The van der Waals surface area contributed by atoms with Gasteiger partial charge in [0.2, 0.25) is 5.95 Å². The maximum atomic E-state index is 14.2. The number of carbonyl (C=O) groups is 1. The van der Waals surface area contributed by atoms with Crippen LogP contribution in [0.2, 0.25) is 0 Å². The summed E-state index contributed by atoms with van der Waals surface area (Å²) in [5.41, 5.74) is 2.61. The van der Waals surface area contributed by atoms with E-state index >= 15 is 0 Å². The second-order valence-electron chi connectivity index (χ2n) is 11.3. The lowest BCUT2D eigenvalue weighted by Crippen LogP contribution is -2.35. The van der Waals surface area contributed by atoms with Crippen molar-refractivity contribution in [3.63, 3.8) is 0 Å². The Morgan fingerprint density at radius 1 is 1.02 bits per heavy atom. The van der Waals surface area contributed by atoms with Crippen molar-refractivity contribution in [3.05, 3.63) is 89.6 Å². The highest BCUT2D eigenvalue weighted by atomic mass is 19.4. The van der Waals surface area contributed by atoms with Gasteiger partial charge in [-0.2, -0.15) is 13.2 Å². The average Bonchev–Trinajstić information content (AvgIpc) is 3.72. The van der Waals surface area contributed by atoms with E-state index in [1.807, 2.05) is 6.92 Å². The van der Waals surface area contributed by atoms with Gasteiger partial charge in [0, 0.05) is 66.8 Å². The fourth-order valence-corrected chi connectivity index (χ4v) is 5.89. The highest BCUT2D eigenvalue weighted by Gasteiger charge is 2.36. The van der Waals surface area contributed by atoms with Crippen LogP contribution in [-0.4, -0.2) is 67.9 Å². The van der Waals surface area contributed by atoms with Gasteiger partial charge in [-0.15, -0.1) is 0 Å². The predicted octanol–water partition coefficient (Wildman–Crippen LogP) is 5.93.